The van der Waals surface area contributed by atoms with E-state index in [1.54, 1.807) is 11.1 Å². The van der Waals surface area contributed by atoms with Crippen LogP contribution < -0.4 is 4.90 Å². The lowest BCUT2D eigenvalue weighted by Gasteiger charge is -2.38. The Balaban J connectivity index is 1.97. The first-order valence-corrected chi connectivity index (χ1v) is 11.1. The van der Waals surface area contributed by atoms with Gasteiger partial charge in [-0.3, -0.25) is 9.69 Å². The molecule has 3 rings (SSSR count). The van der Waals surface area contributed by atoms with Gasteiger partial charge in [0.15, 0.2) is 0 Å². The number of hydrogen-bond acceptors (Lipinski definition) is 4. The van der Waals surface area contributed by atoms with Crippen LogP contribution in [-0.4, -0.2) is 40.6 Å². The predicted molar refractivity (Wildman–Crippen MR) is 122 cm³/mol. The van der Waals surface area contributed by atoms with E-state index in [1.807, 2.05) is 75.1 Å². The van der Waals surface area contributed by atoms with Gasteiger partial charge in [-0.2, -0.15) is 0 Å². The van der Waals surface area contributed by atoms with Gasteiger partial charge in [-0.1, -0.05) is 31.2 Å². The maximum absolute atomic E-state index is 13.3. The summed E-state index contributed by atoms with van der Waals surface area (Å²) in [5, 5.41) is 0. The third-order valence-corrected chi connectivity index (χ3v) is 5.28. The number of hydrogen-bond donors (Lipinski definition) is 0. The number of pyridine rings is 1. The molecule has 1 atom stereocenters. The normalized spacial score (nSPS) is 16.6. The number of carbonyl (C=O) groups is 2. The third-order valence-electron chi connectivity index (χ3n) is 5.28. The summed E-state index contributed by atoms with van der Waals surface area (Å²) in [5.41, 5.74) is 0.973. The van der Waals surface area contributed by atoms with Gasteiger partial charge in [0, 0.05) is 30.4 Å². The molecule has 1 unspecified atom stereocenters. The van der Waals surface area contributed by atoms with Crippen LogP contribution in [0.25, 0.3) is 0 Å². The average Bonchev–Trinajstić information content (AvgIpc) is 2.76. The van der Waals surface area contributed by atoms with Crippen LogP contribution in [0.2, 0.25) is 0 Å². The Morgan fingerprint density at radius 2 is 1.87 bits per heavy atom. The van der Waals surface area contributed by atoms with Crippen LogP contribution in [-0.2, 0) is 4.74 Å². The maximum Gasteiger partial charge on any atom is 0.416 e. The minimum atomic E-state index is -0.599. The van der Waals surface area contributed by atoms with Crippen LogP contribution in [0.3, 0.4) is 0 Å². The van der Waals surface area contributed by atoms with Crippen LogP contribution in [0, 0.1) is 0 Å². The van der Waals surface area contributed by atoms with Gasteiger partial charge in [0.1, 0.15) is 11.4 Å². The highest BCUT2D eigenvalue weighted by atomic mass is 16.6. The summed E-state index contributed by atoms with van der Waals surface area (Å²) < 4.78 is 5.66. The van der Waals surface area contributed by atoms with E-state index in [1.165, 1.54) is 0 Å². The quantitative estimate of drug-likeness (QED) is 0.628. The number of benzene rings is 1. The molecule has 0 saturated carbocycles. The van der Waals surface area contributed by atoms with Crippen molar-refractivity contribution in [2.45, 2.75) is 65.0 Å². The number of ether oxygens (including phenoxy) is 1. The number of aromatic nitrogens is 1. The number of anilines is 1. The molecule has 1 fully saturated rings. The molecule has 0 radical (unpaired) electrons. The smallest absolute Gasteiger partial charge is 0.416 e. The van der Waals surface area contributed by atoms with Crippen molar-refractivity contribution in [3.8, 4) is 0 Å². The van der Waals surface area contributed by atoms with E-state index < -0.39 is 11.7 Å². The van der Waals surface area contributed by atoms with Gasteiger partial charge in [0.05, 0.1) is 6.04 Å². The highest BCUT2D eigenvalue weighted by Crippen LogP contribution is 2.36. The van der Waals surface area contributed by atoms with Gasteiger partial charge in [-0.25, -0.2) is 9.78 Å². The first-order valence-electron chi connectivity index (χ1n) is 11.1. The van der Waals surface area contributed by atoms with Gasteiger partial charge < -0.3 is 9.64 Å². The molecule has 1 aromatic heterocycles. The second-order valence-electron chi connectivity index (χ2n) is 8.92. The highest BCUT2D eigenvalue weighted by molar-refractivity contribution is 5.95. The van der Waals surface area contributed by atoms with E-state index in [0.29, 0.717) is 24.5 Å². The zero-order chi connectivity index (χ0) is 22.4. The molecule has 6 heteroatoms. The molecule has 31 heavy (non-hydrogen) atoms. The van der Waals surface area contributed by atoms with Gasteiger partial charge >= 0.3 is 6.09 Å². The highest BCUT2D eigenvalue weighted by Gasteiger charge is 2.33. The van der Waals surface area contributed by atoms with E-state index in [-0.39, 0.29) is 11.9 Å². The summed E-state index contributed by atoms with van der Waals surface area (Å²) in [4.78, 5) is 34.4. The lowest BCUT2D eigenvalue weighted by atomic mass is 9.94. The van der Waals surface area contributed by atoms with E-state index in [9.17, 15) is 9.59 Å². The Morgan fingerprint density at radius 3 is 2.55 bits per heavy atom. The van der Waals surface area contributed by atoms with Crippen LogP contribution in [0.1, 0.15) is 75.3 Å². The fourth-order valence-electron chi connectivity index (χ4n) is 3.96. The molecule has 1 aromatic carbocycles. The minimum Gasteiger partial charge on any atom is -0.443 e. The average molecular weight is 424 g/mol. The molecular formula is C25H33N3O3. The Hall–Kier alpha value is -2.89. The van der Waals surface area contributed by atoms with Crippen molar-refractivity contribution in [1.82, 2.24) is 9.88 Å². The Bertz CT molecular complexity index is 892. The first-order chi connectivity index (χ1) is 14.8. The van der Waals surface area contributed by atoms with Crippen LogP contribution in [0.5, 0.6) is 0 Å². The monoisotopic (exact) mass is 423 g/mol. The molecule has 1 aliphatic rings. The Labute approximate surface area is 185 Å². The molecule has 0 aliphatic carbocycles. The summed E-state index contributed by atoms with van der Waals surface area (Å²) in [6, 6.07) is 13.1. The van der Waals surface area contributed by atoms with Crippen molar-refractivity contribution < 1.29 is 14.3 Å². The van der Waals surface area contributed by atoms with Gasteiger partial charge in [0.25, 0.3) is 5.91 Å². The lowest BCUT2D eigenvalue weighted by molar-refractivity contribution is 0.0577. The molecule has 166 valence electrons. The second-order valence-corrected chi connectivity index (χ2v) is 8.92. The molecule has 2 aromatic rings. The molecular weight excluding hydrogens is 390 g/mol. The SMILES string of the molecule is CCCN(C(=O)OC(C)(C)C)c1ncccc1C1CCCCN1C(=O)c1ccccc1. The van der Waals surface area contributed by atoms with Crippen molar-refractivity contribution in [2.24, 2.45) is 0 Å². The molecule has 2 heterocycles. The zero-order valence-corrected chi connectivity index (χ0v) is 19.0. The van der Waals surface area contributed by atoms with Crippen molar-refractivity contribution in [3.05, 3.63) is 59.8 Å². The van der Waals surface area contributed by atoms with Gasteiger partial charge in [-0.05, 0) is 64.7 Å². The fraction of sp³-hybridized carbons (Fsp3) is 0.480. The molecule has 0 spiro atoms. The molecule has 1 aliphatic heterocycles. The van der Waals surface area contributed by atoms with Crippen molar-refractivity contribution in [2.75, 3.05) is 18.0 Å². The van der Waals surface area contributed by atoms with E-state index in [2.05, 4.69) is 4.98 Å². The number of piperidine rings is 1. The summed E-state index contributed by atoms with van der Waals surface area (Å²) in [6.07, 6.45) is 4.88. The zero-order valence-electron chi connectivity index (χ0n) is 19.0. The van der Waals surface area contributed by atoms with E-state index >= 15 is 0 Å². The molecule has 1 saturated heterocycles. The Kier molecular flexibility index (Phi) is 7.31. The molecule has 0 bridgehead atoms. The lowest BCUT2D eigenvalue weighted by Crippen LogP contribution is -2.41. The number of likely N-dealkylation sites (tertiary alicyclic amines) is 1. The predicted octanol–water partition coefficient (Wildman–Crippen LogP) is 5.60. The minimum absolute atomic E-state index is 0.0133. The fourth-order valence-corrected chi connectivity index (χ4v) is 3.96. The largest absolute Gasteiger partial charge is 0.443 e. The van der Waals surface area contributed by atoms with Gasteiger partial charge in [0.2, 0.25) is 0 Å². The third kappa shape index (κ3) is 5.63. The second kappa shape index (κ2) is 9.94. The number of carbonyl (C=O) groups excluding carboxylic acids is 2. The molecule has 2 amide bonds. The number of nitrogens with zero attached hydrogens (tertiary/aromatic N) is 3. The van der Waals surface area contributed by atoms with Crippen molar-refractivity contribution >= 4 is 17.8 Å². The summed E-state index contributed by atoms with van der Waals surface area (Å²) in [6.45, 7) is 8.78. The Morgan fingerprint density at radius 1 is 1.13 bits per heavy atom. The van der Waals surface area contributed by atoms with Crippen LogP contribution >= 0.6 is 0 Å². The summed E-state index contributed by atoms with van der Waals surface area (Å²) in [7, 11) is 0. The van der Waals surface area contributed by atoms with Crippen molar-refractivity contribution in [1.29, 1.82) is 0 Å². The number of rotatable bonds is 5. The molecule has 0 N–H and O–H groups in total. The first kappa shape index (κ1) is 22.8. The number of amides is 2. The summed E-state index contributed by atoms with van der Waals surface area (Å²) >= 11 is 0. The van der Waals surface area contributed by atoms with Crippen LogP contribution in [0.4, 0.5) is 10.6 Å². The standard InChI is InChI=1S/C25H33N3O3/c1-5-17-28(24(30)31-25(2,3)4)22-20(14-11-16-26-22)21-15-9-10-18-27(21)23(29)19-12-7-6-8-13-19/h6-8,11-14,16,21H,5,9-10,15,17-18H2,1-4H3. The van der Waals surface area contributed by atoms with Crippen LogP contribution in [0.15, 0.2) is 48.7 Å². The van der Waals surface area contributed by atoms with Crippen molar-refractivity contribution in [3.63, 3.8) is 0 Å². The van der Waals surface area contributed by atoms with E-state index in [4.69, 9.17) is 4.74 Å². The maximum atomic E-state index is 13.3. The van der Waals surface area contributed by atoms with Gasteiger partial charge in [-0.15, -0.1) is 0 Å². The topological polar surface area (TPSA) is 62.7 Å². The molecule has 6 nitrogen and oxygen atoms in total. The summed E-state index contributed by atoms with van der Waals surface area (Å²) in [5.74, 6) is 0.593. The van der Waals surface area contributed by atoms with E-state index in [0.717, 1.165) is 31.2 Å².